The highest BCUT2D eigenvalue weighted by atomic mass is 19.4. The van der Waals surface area contributed by atoms with Crippen LogP contribution in [0.2, 0.25) is 0 Å². The van der Waals surface area contributed by atoms with E-state index in [0.29, 0.717) is 34.0 Å². The minimum Gasteiger partial charge on any atom is -0.298 e. The SMILES string of the molecule is O=Cc1ccc2ncnc(-c3ccc(C(F)(F)F)cc3)c2c1. The summed E-state index contributed by atoms with van der Waals surface area (Å²) in [5.41, 5.74) is 1.38. The maximum atomic E-state index is 12.6. The molecule has 1 aromatic heterocycles. The van der Waals surface area contributed by atoms with Crippen LogP contribution >= 0.6 is 0 Å². The summed E-state index contributed by atoms with van der Waals surface area (Å²) in [6.45, 7) is 0. The van der Waals surface area contributed by atoms with Gasteiger partial charge in [-0.15, -0.1) is 0 Å². The molecule has 6 heteroatoms. The maximum Gasteiger partial charge on any atom is 0.416 e. The van der Waals surface area contributed by atoms with Gasteiger partial charge in [-0.05, 0) is 30.3 Å². The first-order valence-corrected chi connectivity index (χ1v) is 6.36. The van der Waals surface area contributed by atoms with Crippen molar-refractivity contribution in [2.45, 2.75) is 6.18 Å². The first kappa shape index (κ1) is 14.2. The van der Waals surface area contributed by atoms with E-state index in [1.807, 2.05) is 0 Å². The normalized spacial score (nSPS) is 11.6. The second-order valence-electron chi connectivity index (χ2n) is 4.69. The number of hydrogen-bond donors (Lipinski definition) is 0. The van der Waals surface area contributed by atoms with Gasteiger partial charge in [0, 0.05) is 16.5 Å². The van der Waals surface area contributed by atoms with Gasteiger partial charge >= 0.3 is 6.18 Å². The minimum atomic E-state index is -4.38. The molecule has 2 aromatic carbocycles. The van der Waals surface area contributed by atoms with Gasteiger partial charge in [-0.25, -0.2) is 9.97 Å². The van der Waals surface area contributed by atoms with Crippen molar-refractivity contribution in [3.8, 4) is 11.3 Å². The fourth-order valence-electron chi connectivity index (χ4n) is 2.19. The smallest absolute Gasteiger partial charge is 0.298 e. The Labute approximate surface area is 123 Å². The molecule has 3 nitrogen and oxygen atoms in total. The number of benzene rings is 2. The molecule has 3 aromatic rings. The largest absolute Gasteiger partial charge is 0.416 e. The summed E-state index contributed by atoms with van der Waals surface area (Å²) in [4.78, 5) is 19.1. The number of carbonyl (C=O) groups is 1. The number of rotatable bonds is 2. The van der Waals surface area contributed by atoms with E-state index in [4.69, 9.17) is 0 Å². The van der Waals surface area contributed by atoms with Gasteiger partial charge in [0.1, 0.15) is 12.6 Å². The third-order valence-electron chi connectivity index (χ3n) is 3.28. The Morgan fingerprint density at radius 3 is 2.32 bits per heavy atom. The van der Waals surface area contributed by atoms with E-state index in [0.717, 1.165) is 12.1 Å². The van der Waals surface area contributed by atoms with Crippen molar-refractivity contribution in [1.82, 2.24) is 9.97 Å². The van der Waals surface area contributed by atoms with E-state index in [2.05, 4.69) is 9.97 Å². The van der Waals surface area contributed by atoms with Gasteiger partial charge < -0.3 is 0 Å². The predicted molar refractivity (Wildman–Crippen MR) is 75.4 cm³/mol. The van der Waals surface area contributed by atoms with Crippen LogP contribution in [0.5, 0.6) is 0 Å². The lowest BCUT2D eigenvalue weighted by Crippen LogP contribution is -2.04. The lowest BCUT2D eigenvalue weighted by Gasteiger charge is -2.09. The number of aldehydes is 1. The molecule has 0 saturated heterocycles. The fourth-order valence-corrected chi connectivity index (χ4v) is 2.19. The Morgan fingerprint density at radius 2 is 1.68 bits per heavy atom. The molecule has 0 amide bonds. The molecule has 0 unspecified atom stereocenters. The van der Waals surface area contributed by atoms with Crippen molar-refractivity contribution in [3.63, 3.8) is 0 Å². The fraction of sp³-hybridized carbons (Fsp3) is 0.0625. The molecule has 110 valence electrons. The van der Waals surface area contributed by atoms with Crippen molar-refractivity contribution in [2.75, 3.05) is 0 Å². The van der Waals surface area contributed by atoms with Crippen molar-refractivity contribution >= 4 is 17.2 Å². The van der Waals surface area contributed by atoms with Gasteiger partial charge in [-0.3, -0.25) is 4.79 Å². The minimum absolute atomic E-state index is 0.454. The van der Waals surface area contributed by atoms with Gasteiger partial charge in [0.25, 0.3) is 0 Å². The summed E-state index contributed by atoms with van der Waals surface area (Å²) in [6.07, 6.45) is -2.34. The number of alkyl halides is 3. The molecule has 0 N–H and O–H groups in total. The van der Waals surface area contributed by atoms with Crippen LogP contribution in [-0.4, -0.2) is 16.3 Å². The average molecular weight is 302 g/mol. The number of aromatic nitrogens is 2. The van der Waals surface area contributed by atoms with E-state index in [-0.39, 0.29) is 0 Å². The summed E-state index contributed by atoms with van der Waals surface area (Å²) in [5, 5.41) is 0.617. The Hall–Kier alpha value is -2.76. The predicted octanol–water partition coefficient (Wildman–Crippen LogP) is 4.13. The lowest BCUT2D eigenvalue weighted by atomic mass is 10.0. The summed E-state index contributed by atoms with van der Waals surface area (Å²) < 4.78 is 37.8. The van der Waals surface area contributed by atoms with Gasteiger partial charge in [-0.2, -0.15) is 13.2 Å². The molecule has 0 aliphatic rings. The van der Waals surface area contributed by atoms with Crippen LogP contribution in [0.3, 0.4) is 0 Å². The van der Waals surface area contributed by atoms with E-state index >= 15 is 0 Å². The van der Waals surface area contributed by atoms with Crippen LogP contribution in [0, 0.1) is 0 Å². The van der Waals surface area contributed by atoms with Gasteiger partial charge in [0.2, 0.25) is 0 Å². The van der Waals surface area contributed by atoms with Gasteiger partial charge in [0.15, 0.2) is 0 Å². The Kier molecular flexibility index (Phi) is 3.36. The molecule has 0 aliphatic carbocycles. The number of halogens is 3. The Balaban J connectivity index is 2.15. The molecule has 0 atom stereocenters. The maximum absolute atomic E-state index is 12.6. The highest BCUT2D eigenvalue weighted by molar-refractivity contribution is 5.95. The first-order valence-electron chi connectivity index (χ1n) is 6.36. The Morgan fingerprint density at radius 1 is 0.955 bits per heavy atom. The standard InChI is InChI=1S/C16H9F3N2O/c17-16(18,19)12-4-2-11(3-5-12)15-13-7-10(8-22)1-6-14(13)20-9-21-15/h1-9H. The van der Waals surface area contributed by atoms with Crippen LogP contribution in [-0.2, 0) is 6.18 Å². The lowest BCUT2D eigenvalue weighted by molar-refractivity contribution is -0.137. The molecule has 0 radical (unpaired) electrons. The van der Waals surface area contributed by atoms with Crippen LogP contribution in [0.15, 0.2) is 48.8 Å². The van der Waals surface area contributed by atoms with Crippen molar-refractivity contribution in [1.29, 1.82) is 0 Å². The number of hydrogen-bond acceptors (Lipinski definition) is 3. The first-order chi connectivity index (χ1) is 10.5. The van der Waals surface area contributed by atoms with E-state index < -0.39 is 11.7 Å². The average Bonchev–Trinajstić information content (AvgIpc) is 2.53. The van der Waals surface area contributed by atoms with Crippen LogP contribution in [0.4, 0.5) is 13.2 Å². The molecule has 1 heterocycles. The third-order valence-corrected chi connectivity index (χ3v) is 3.28. The van der Waals surface area contributed by atoms with Gasteiger partial charge in [0.05, 0.1) is 16.8 Å². The Bertz CT molecular complexity index is 842. The zero-order valence-corrected chi connectivity index (χ0v) is 11.1. The summed E-state index contributed by atoms with van der Waals surface area (Å²) >= 11 is 0. The molecule has 0 spiro atoms. The third kappa shape index (κ3) is 2.55. The quantitative estimate of drug-likeness (QED) is 0.668. The van der Waals surface area contributed by atoms with Crippen LogP contribution < -0.4 is 0 Å². The highest BCUT2D eigenvalue weighted by Crippen LogP contribution is 2.32. The highest BCUT2D eigenvalue weighted by Gasteiger charge is 2.30. The van der Waals surface area contributed by atoms with E-state index in [9.17, 15) is 18.0 Å². The number of nitrogens with zero attached hydrogens (tertiary/aromatic N) is 2. The second-order valence-corrected chi connectivity index (χ2v) is 4.69. The molecule has 0 bridgehead atoms. The van der Waals surface area contributed by atoms with E-state index in [1.54, 1.807) is 18.2 Å². The second kappa shape index (κ2) is 5.22. The molecular weight excluding hydrogens is 293 g/mol. The van der Waals surface area contributed by atoms with Crippen molar-refractivity contribution in [3.05, 3.63) is 59.9 Å². The summed E-state index contributed by atoms with van der Waals surface area (Å²) in [6, 6.07) is 9.65. The topological polar surface area (TPSA) is 42.9 Å². The molecule has 3 rings (SSSR count). The number of fused-ring (bicyclic) bond motifs is 1. The van der Waals surface area contributed by atoms with Crippen molar-refractivity contribution in [2.24, 2.45) is 0 Å². The van der Waals surface area contributed by atoms with Crippen LogP contribution in [0.25, 0.3) is 22.2 Å². The molecule has 0 saturated carbocycles. The summed E-state index contributed by atoms with van der Waals surface area (Å²) in [5.74, 6) is 0. The van der Waals surface area contributed by atoms with Crippen LogP contribution in [0.1, 0.15) is 15.9 Å². The zero-order valence-electron chi connectivity index (χ0n) is 11.1. The molecule has 0 aliphatic heterocycles. The molecule has 22 heavy (non-hydrogen) atoms. The summed E-state index contributed by atoms with van der Waals surface area (Å²) in [7, 11) is 0. The molecule has 0 fully saturated rings. The molecular formula is C16H9F3N2O. The van der Waals surface area contributed by atoms with Gasteiger partial charge in [-0.1, -0.05) is 12.1 Å². The zero-order chi connectivity index (χ0) is 15.7. The monoisotopic (exact) mass is 302 g/mol. The number of carbonyl (C=O) groups excluding carboxylic acids is 1. The van der Waals surface area contributed by atoms with Crippen molar-refractivity contribution < 1.29 is 18.0 Å². The van der Waals surface area contributed by atoms with E-state index in [1.165, 1.54) is 18.5 Å².